The summed E-state index contributed by atoms with van der Waals surface area (Å²) in [4.78, 5) is 0. The van der Waals surface area contributed by atoms with E-state index in [-0.39, 0.29) is 0 Å². The summed E-state index contributed by atoms with van der Waals surface area (Å²) in [5.41, 5.74) is -1.37. The fourth-order valence-corrected chi connectivity index (χ4v) is 3.23. The zero-order chi connectivity index (χ0) is 9.50. The van der Waals surface area contributed by atoms with Crippen molar-refractivity contribution in [1.82, 2.24) is 0 Å². The number of rotatable bonds is 1. The minimum atomic E-state index is -1.67. The van der Waals surface area contributed by atoms with Gasteiger partial charge in [-0.2, -0.15) is 0 Å². The molecule has 0 bridgehead atoms. The van der Waals surface area contributed by atoms with Crippen molar-refractivity contribution < 1.29 is 5.11 Å². The molecule has 11 heavy (non-hydrogen) atoms. The molecular formula is C4H4Cl3I3O. The van der Waals surface area contributed by atoms with Gasteiger partial charge in [0, 0.05) is 0 Å². The maximum absolute atomic E-state index is 9.77. The third-order valence-electron chi connectivity index (χ3n) is 1.10. The van der Waals surface area contributed by atoms with Crippen LogP contribution in [-0.4, -0.2) is 13.9 Å². The van der Waals surface area contributed by atoms with Crippen molar-refractivity contribution >= 4 is 103 Å². The molecule has 0 amide bonds. The van der Waals surface area contributed by atoms with Gasteiger partial charge in [0.15, 0.2) is -0.565 Å². The maximum Gasteiger partial charge on any atom is 0.221 e. The lowest BCUT2D eigenvalue weighted by atomic mass is 10.2. The van der Waals surface area contributed by atoms with E-state index in [1.165, 1.54) is 6.92 Å². The van der Waals surface area contributed by atoms with E-state index in [1.807, 2.05) is 67.8 Å². The average Bonchev–Trinajstić information content (AvgIpc) is 1.58. The molecule has 0 aliphatic carbocycles. The molecule has 0 aliphatic heterocycles. The van der Waals surface area contributed by atoms with Crippen molar-refractivity contribution in [2.75, 3.05) is 0 Å². The zero-order valence-corrected chi connectivity index (χ0v) is 14.0. The standard InChI is InChI=1S/C4H4Cl3I3O/c1-2(11,3(5,6)7)4(8,9)10/h11H,1H3. The summed E-state index contributed by atoms with van der Waals surface area (Å²) in [6.45, 7) is 1.49. The molecular weight excluding hydrogens is 551 g/mol. The summed E-state index contributed by atoms with van der Waals surface area (Å²) >= 11 is 22.8. The van der Waals surface area contributed by atoms with Gasteiger partial charge in [-0.1, -0.05) is 103 Å². The highest BCUT2D eigenvalue weighted by Crippen LogP contribution is 2.54. The lowest BCUT2D eigenvalue weighted by Crippen LogP contribution is -2.49. The summed E-state index contributed by atoms with van der Waals surface area (Å²) in [7, 11) is 0. The van der Waals surface area contributed by atoms with Gasteiger partial charge >= 0.3 is 0 Å². The van der Waals surface area contributed by atoms with Crippen molar-refractivity contribution in [2.24, 2.45) is 0 Å². The monoisotopic (exact) mass is 554 g/mol. The van der Waals surface area contributed by atoms with E-state index in [9.17, 15) is 5.11 Å². The van der Waals surface area contributed by atoms with Gasteiger partial charge in [-0.25, -0.2) is 0 Å². The largest absolute Gasteiger partial charge is 0.383 e. The van der Waals surface area contributed by atoms with E-state index in [0.29, 0.717) is 0 Å². The van der Waals surface area contributed by atoms with Gasteiger partial charge in [0.25, 0.3) is 0 Å². The van der Waals surface area contributed by atoms with Gasteiger partial charge in [0.1, 0.15) is 5.60 Å². The lowest BCUT2D eigenvalue weighted by Gasteiger charge is -2.37. The second kappa shape index (κ2) is 4.26. The molecule has 1 nitrogen and oxygen atoms in total. The molecule has 0 aromatic rings. The van der Waals surface area contributed by atoms with Gasteiger partial charge in [-0.3, -0.25) is 0 Å². The minimum Gasteiger partial charge on any atom is -0.383 e. The highest BCUT2D eigenvalue weighted by molar-refractivity contribution is 14.3. The Morgan fingerprint density at radius 1 is 1.09 bits per heavy atom. The van der Waals surface area contributed by atoms with Crippen LogP contribution in [0.5, 0.6) is 0 Å². The first-order valence-electron chi connectivity index (χ1n) is 2.36. The van der Waals surface area contributed by atoms with Gasteiger partial charge in [0.2, 0.25) is 3.79 Å². The summed E-state index contributed by atoms with van der Waals surface area (Å²) in [6, 6.07) is 0. The van der Waals surface area contributed by atoms with Crippen LogP contribution < -0.4 is 0 Å². The van der Waals surface area contributed by atoms with Crippen LogP contribution in [0, 0.1) is 0 Å². The zero-order valence-electron chi connectivity index (χ0n) is 5.22. The van der Waals surface area contributed by atoms with Crippen LogP contribution in [0.15, 0.2) is 0 Å². The Morgan fingerprint density at radius 3 is 1.36 bits per heavy atom. The third-order valence-corrected chi connectivity index (χ3v) is 5.36. The fraction of sp³-hybridized carbons (Fsp3) is 1.00. The Bertz CT molecular complexity index is 132. The number of halogens is 6. The summed E-state index contributed by atoms with van der Waals surface area (Å²) in [5, 5.41) is 9.77. The van der Waals surface area contributed by atoms with Crippen LogP contribution >= 0.6 is 103 Å². The fourth-order valence-electron chi connectivity index (χ4n) is 0.161. The maximum atomic E-state index is 9.77. The second-order valence-corrected chi connectivity index (χ2v) is 15.4. The quantitative estimate of drug-likeness (QED) is 0.383. The summed E-state index contributed by atoms with van der Waals surface area (Å²) in [5.74, 6) is 0. The predicted octanol–water partition coefficient (Wildman–Crippen LogP) is 4.07. The van der Waals surface area contributed by atoms with Crippen molar-refractivity contribution in [2.45, 2.75) is 15.8 Å². The van der Waals surface area contributed by atoms with Crippen molar-refractivity contribution in [3.63, 3.8) is 0 Å². The molecule has 7 heteroatoms. The van der Waals surface area contributed by atoms with Crippen LogP contribution in [0.1, 0.15) is 6.92 Å². The SMILES string of the molecule is CC(O)(C(Cl)(Cl)Cl)C(I)(I)I. The molecule has 1 atom stereocenters. The Kier molecular flexibility index (Phi) is 5.43. The molecule has 0 aromatic heterocycles. The van der Waals surface area contributed by atoms with E-state index in [1.54, 1.807) is 0 Å². The number of aliphatic hydroxyl groups is 1. The Hall–Kier alpha value is 3.02. The molecule has 0 heterocycles. The lowest BCUT2D eigenvalue weighted by molar-refractivity contribution is 0.0853. The van der Waals surface area contributed by atoms with Crippen LogP contribution in [0.2, 0.25) is 0 Å². The molecule has 0 saturated carbocycles. The molecule has 0 radical (unpaired) electrons. The Labute approximate surface area is 121 Å². The highest BCUT2D eigenvalue weighted by atomic mass is 127. The Balaban J connectivity index is 4.75. The molecule has 0 aromatic carbocycles. The highest BCUT2D eigenvalue weighted by Gasteiger charge is 2.55. The van der Waals surface area contributed by atoms with Crippen molar-refractivity contribution in [3.8, 4) is 0 Å². The minimum absolute atomic E-state index is 0.550. The van der Waals surface area contributed by atoms with E-state index in [4.69, 9.17) is 34.8 Å². The molecule has 0 saturated heterocycles. The third kappa shape index (κ3) is 3.58. The van der Waals surface area contributed by atoms with Gasteiger partial charge in [-0.15, -0.1) is 0 Å². The normalized spacial score (nSPS) is 19.6. The van der Waals surface area contributed by atoms with Crippen LogP contribution in [0.3, 0.4) is 0 Å². The molecule has 0 spiro atoms. The second-order valence-electron chi connectivity index (χ2n) is 2.07. The summed E-state index contributed by atoms with van der Waals surface area (Å²) in [6.07, 6.45) is 0. The van der Waals surface area contributed by atoms with Crippen LogP contribution in [-0.2, 0) is 0 Å². The molecule has 0 aliphatic rings. The van der Waals surface area contributed by atoms with E-state index in [0.717, 1.165) is 0 Å². The van der Waals surface area contributed by atoms with Gasteiger partial charge < -0.3 is 5.11 Å². The van der Waals surface area contributed by atoms with E-state index < -0.39 is 8.83 Å². The van der Waals surface area contributed by atoms with Crippen LogP contribution in [0.4, 0.5) is 0 Å². The Morgan fingerprint density at radius 2 is 1.36 bits per heavy atom. The van der Waals surface area contributed by atoms with Crippen LogP contribution in [0.25, 0.3) is 0 Å². The van der Waals surface area contributed by atoms with E-state index >= 15 is 0 Å². The van der Waals surface area contributed by atoms with Gasteiger partial charge in [0.05, 0.1) is 0 Å². The molecule has 1 unspecified atom stereocenters. The molecule has 68 valence electrons. The van der Waals surface area contributed by atoms with Crippen molar-refractivity contribution in [1.29, 1.82) is 0 Å². The smallest absolute Gasteiger partial charge is 0.221 e. The average molecular weight is 555 g/mol. The first-order valence-corrected chi connectivity index (χ1v) is 6.73. The predicted molar refractivity (Wildman–Crippen MR) is 75.7 cm³/mol. The van der Waals surface area contributed by atoms with Crippen molar-refractivity contribution in [3.05, 3.63) is 0 Å². The topological polar surface area (TPSA) is 20.2 Å². The molecule has 0 fully saturated rings. The number of alkyl halides is 6. The number of hydrogen-bond acceptors (Lipinski definition) is 1. The summed E-state index contributed by atoms with van der Waals surface area (Å²) < 4.78 is -2.22. The first kappa shape index (κ1) is 14.0. The molecule has 0 rings (SSSR count). The number of hydrogen-bond donors (Lipinski definition) is 1. The van der Waals surface area contributed by atoms with Gasteiger partial charge in [-0.05, 0) is 6.92 Å². The first-order chi connectivity index (χ1) is 4.50. The van der Waals surface area contributed by atoms with E-state index in [2.05, 4.69) is 0 Å². The molecule has 1 N–H and O–H groups in total.